The molecule has 172 valence electrons. The van der Waals surface area contributed by atoms with Gasteiger partial charge < -0.3 is 0 Å². The summed E-state index contributed by atoms with van der Waals surface area (Å²) in [4.78, 5) is 13.2. The summed E-state index contributed by atoms with van der Waals surface area (Å²) < 4.78 is 40.5. The van der Waals surface area contributed by atoms with Gasteiger partial charge in [-0.25, -0.2) is 0 Å². The van der Waals surface area contributed by atoms with Crippen LogP contribution in [0.2, 0.25) is 0 Å². The Hall–Kier alpha value is -1.33. The van der Waals surface area contributed by atoms with Crippen molar-refractivity contribution in [1.82, 2.24) is 9.78 Å². The van der Waals surface area contributed by atoms with E-state index in [2.05, 4.69) is 18.9 Å². The summed E-state index contributed by atoms with van der Waals surface area (Å²) in [5.74, 6) is 4.51. The lowest BCUT2D eigenvalue weighted by atomic mass is 9.49. The third-order valence-electron chi connectivity index (χ3n) is 9.92. The lowest BCUT2D eigenvalue weighted by Gasteiger charge is -2.56. The fraction of sp³-hybridized carbons (Fsp3) is 0.840. The Morgan fingerprint density at radius 3 is 2.65 bits per heavy atom. The largest absolute Gasteiger partial charge is 0.433 e. The first kappa shape index (κ1) is 21.5. The SMILES string of the molecule is CC1CCC2C(CCC3C2CCC2(C)C(C(=O)Cn4nccc4C(F)(F)F)CCC32)C1. The van der Waals surface area contributed by atoms with Gasteiger partial charge in [0, 0.05) is 12.1 Å². The molecule has 0 aromatic carbocycles. The number of hydrogen-bond acceptors (Lipinski definition) is 2. The van der Waals surface area contributed by atoms with E-state index in [1.165, 1.54) is 38.5 Å². The first-order valence-electron chi connectivity index (χ1n) is 12.3. The molecular formula is C25H35F3N2O. The zero-order chi connectivity index (χ0) is 22.0. The Morgan fingerprint density at radius 1 is 1.10 bits per heavy atom. The van der Waals surface area contributed by atoms with E-state index in [9.17, 15) is 18.0 Å². The number of fused-ring (bicyclic) bond motifs is 5. The molecule has 31 heavy (non-hydrogen) atoms. The summed E-state index contributed by atoms with van der Waals surface area (Å²) >= 11 is 0. The van der Waals surface area contributed by atoms with E-state index in [0.29, 0.717) is 11.8 Å². The van der Waals surface area contributed by atoms with Crippen LogP contribution in [0.3, 0.4) is 0 Å². The molecule has 0 N–H and O–H groups in total. The van der Waals surface area contributed by atoms with Gasteiger partial charge in [-0.05, 0) is 98.4 Å². The van der Waals surface area contributed by atoms with Crippen LogP contribution in [0.1, 0.15) is 77.3 Å². The molecule has 4 aliphatic rings. The van der Waals surface area contributed by atoms with E-state index >= 15 is 0 Å². The topological polar surface area (TPSA) is 34.9 Å². The second-order valence-electron chi connectivity index (χ2n) is 11.4. The molecule has 6 heteroatoms. The molecule has 1 aromatic heterocycles. The highest BCUT2D eigenvalue weighted by molar-refractivity contribution is 5.82. The minimum atomic E-state index is -4.48. The molecule has 4 aliphatic carbocycles. The number of aromatic nitrogens is 2. The summed E-state index contributed by atoms with van der Waals surface area (Å²) in [5.41, 5.74) is -0.882. The van der Waals surface area contributed by atoms with Crippen molar-refractivity contribution in [3.63, 3.8) is 0 Å². The van der Waals surface area contributed by atoms with Crippen LogP contribution in [-0.4, -0.2) is 15.6 Å². The minimum Gasteiger partial charge on any atom is -0.297 e. The van der Waals surface area contributed by atoms with Crippen molar-refractivity contribution in [2.75, 3.05) is 0 Å². The van der Waals surface area contributed by atoms with E-state index in [1.807, 2.05) is 0 Å². The molecule has 8 unspecified atom stereocenters. The van der Waals surface area contributed by atoms with E-state index in [4.69, 9.17) is 0 Å². The number of carbonyl (C=O) groups is 1. The zero-order valence-corrected chi connectivity index (χ0v) is 18.7. The zero-order valence-electron chi connectivity index (χ0n) is 18.7. The van der Waals surface area contributed by atoms with Gasteiger partial charge >= 0.3 is 6.18 Å². The van der Waals surface area contributed by atoms with Crippen LogP contribution in [0.25, 0.3) is 0 Å². The molecule has 8 atom stereocenters. The molecular weight excluding hydrogens is 401 g/mol. The summed E-state index contributed by atoms with van der Waals surface area (Å²) in [6.07, 6.45) is 7.56. The second kappa shape index (κ2) is 7.62. The van der Waals surface area contributed by atoms with Crippen molar-refractivity contribution in [1.29, 1.82) is 0 Å². The summed E-state index contributed by atoms with van der Waals surface area (Å²) in [6.45, 7) is 4.41. The number of hydrogen-bond donors (Lipinski definition) is 0. The van der Waals surface area contributed by atoms with E-state index in [1.54, 1.807) is 0 Å². The number of Topliss-reactive ketones (excluding diaryl/α,β-unsaturated/α-hetero) is 1. The molecule has 1 aromatic rings. The lowest BCUT2D eigenvalue weighted by Crippen LogP contribution is -2.49. The van der Waals surface area contributed by atoms with Gasteiger partial charge in [0.2, 0.25) is 0 Å². The van der Waals surface area contributed by atoms with Crippen molar-refractivity contribution < 1.29 is 18.0 Å². The van der Waals surface area contributed by atoms with E-state index in [0.717, 1.165) is 59.9 Å². The van der Waals surface area contributed by atoms with Crippen LogP contribution in [0.15, 0.2) is 12.3 Å². The number of rotatable bonds is 3. The first-order valence-corrected chi connectivity index (χ1v) is 12.3. The molecule has 0 saturated heterocycles. The van der Waals surface area contributed by atoms with Gasteiger partial charge in [0.05, 0.1) is 0 Å². The summed E-state index contributed by atoms with van der Waals surface area (Å²) in [5, 5.41) is 3.81. The summed E-state index contributed by atoms with van der Waals surface area (Å²) in [7, 11) is 0. The van der Waals surface area contributed by atoms with Crippen molar-refractivity contribution in [2.45, 2.75) is 84.4 Å². The number of halogens is 3. The Kier molecular flexibility index (Phi) is 5.29. The molecule has 3 nitrogen and oxygen atoms in total. The van der Waals surface area contributed by atoms with Gasteiger partial charge in [0.25, 0.3) is 0 Å². The molecule has 5 rings (SSSR count). The van der Waals surface area contributed by atoms with Gasteiger partial charge in [-0.3, -0.25) is 9.48 Å². The summed E-state index contributed by atoms with van der Waals surface area (Å²) in [6, 6.07) is 0.959. The predicted molar refractivity (Wildman–Crippen MR) is 112 cm³/mol. The van der Waals surface area contributed by atoms with Gasteiger partial charge in [-0.15, -0.1) is 0 Å². The van der Waals surface area contributed by atoms with Crippen LogP contribution in [-0.2, 0) is 17.5 Å². The molecule has 0 spiro atoms. The van der Waals surface area contributed by atoms with Crippen molar-refractivity contribution in [2.24, 2.45) is 46.8 Å². The maximum atomic E-state index is 13.2. The predicted octanol–water partition coefficient (Wildman–Crippen LogP) is 6.38. The maximum absolute atomic E-state index is 13.2. The fourth-order valence-electron chi connectivity index (χ4n) is 8.57. The third kappa shape index (κ3) is 3.56. The average Bonchev–Trinajstić information content (AvgIpc) is 3.31. The van der Waals surface area contributed by atoms with E-state index < -0.39 is 11.9 Å². The third-order valence-corrected chi connectivity index (χ3v) is 9.92. The molecule has 0 bridgehead atoms. The van der Waals surface area contributed by atoms with Crippen LogP contribution >= 0.6 is 0 Å². The number of ketones is 1. The monoisotopic (exact) mass is 436 g/mol. The highest BCUT2D eigenvalue weighted by Crippen LogP contribution is 2.64. The molecule has 0 amide bonds. The van der Waals surface area contributed by atoms with E-state index in [-0.39, 0.29) is 23.7 Å². The van der Waals surface area contributed by atoms with Crippen molar-refractivity contribution in [3.05, 3.63) is 18.0 Å². The van der Waals surface area contributed by atoms with Crippen molar-refractivity contribution >= 4 is 5.78 Å². The molecule has 0 aliphatic heterocycles. The van der Waals surface area contributed by atoms with Crippen LogP contribution in [0.4, 0.5) is 13.2 Å². The van der Waals surface area contributed by atoms with Crippen molar-refractivity contribution in [3.8, 4) is 0 Å². The van der Waals surface area contributed by atoms with Gasteiger partial charge in [-0.1, -0.05) is 20.3 Å². The highest BCUT2D eigenvalue weighted by atomic mass is 19.4. The highest BCUT2D eigenvalue weighted by Gasteiger charge is 2.58. The molecule has 1 heterocycles. The first-order chi connectivity index (χ1) is 14.7. The molecule has 4 saturated carbocycles. The average molecular weight is 437 g/mol. The van der Waals surface area contributed by atoms with Gasteiger partial charge in [0.1, 0.15) is 12.2 Å². The Bertz CT molecular complexity index is 833. The Balaban J connectivity index is 1.32. The van der Waals surface area contributed by atoms with Crippen LogP contribution in [0, 0.1) is 46.8 Å². The van der Waals surface area contributed by atoms with Crippen LogP contribution in [0.5, 0.6) is 0 Å². The standard InChI is InChI=1S/C25H35F3N2O/c1-15-3-5-17-16(13-15)4-6-19-18(17)9-11-24(2)20(19)7-8-21(24)22(31)14-30-23(10-12-29-30)25(26,27)28/h10,12,15-21H,3-9,11,13-14H2,1-2H3. The number of alkyl halides is 3. The minimum absolute atomic E-state index is 0.0570. The molecule has 4 fully saturated rings. The molecule has 0 radical (unpaired) electrons. The Labute approximate surface area is 183 Å². The normalized spacial score (nSPS) is 42.5. The Morgan fingerprint density at radius 2 is 1.87 bits per heavy atom. The quantitative estimate of drug-likeness (QED) is 0.551. The maximum Gasteiger partial charge on any atom is 0.433 e. The van der Waals surface area contributed by atoms with Crippen LogP contribution < -0.4 is 0 Å². The fourth-order valence-corrected chi connectivity index (χ4v) is 8.57. The van der Waals surface area contributed by atoms with Gasteiger partial charge in [-0.2, -0.15) is 18.3 Å². The lowest BCUT2D eigenvalue weighted by molar-refractivity contribution is -0.145. The smallest absolute Gasteiger partial charge is 0.297 e. The number of carbonyl (C=O) groups excluding carboxylic acids is 1. The second-order valence-corrected chi connectivity index (χ2v) is 11.4. The number of nitrogens with zero attached hydrogens (tertiary/aromatic N) is 2. The van der Waals surface area contributed by atoms with Gasteiger partial charge in [0.15, 0.2) is 5.78 Å².